The van der Waals surface area contributed by atoms with Crippen LogP contribution in [0, 0.1) is 0 Å². The molecule has 0 radical (unpaired) electrons. The van der Waals surface area contributed by atoms with Crippen LogP contribution in [-0.4, -0.2) is 16.7 Å². The molecule has 0 aromatic heterocycles. The summed E-state index contributed by atoms with van der Waals surface area (Å²) in [6.45, 7) is 0. The summed E-state index contributed by atoms with van der Waals surface area (Å²) in [5.74, 6) is -1.40. The van der Waals surface area contributed by atoms with Gasteiger partial charge in [-0.3, -0.25) is 9.59 Å². The molecule has 3 heteroatoms. The normalized spacial score (nSPS) is 13.8. The number of Topliss-reactive ketones (excluding diaryl/α,β-unsaturated/α-hetero) is 2. The molecule has 0 saturated carbocycles. The molecule has 3 aromatic rings. The Hall–Kier alpha value is -3.46. The third-order valence-electron chi connectivity index (χ3n) is 5.01. The van der Waals surface area contributed by atoms with Crippen molar-refractivity contribution in [3.8, 4) is 0 Å². The quantitative estimate of drug-likeness (QED) is 0.675. The van der Waals surface area contributed by atoms with Crippen molar-refractivity contribution in [2.45, 2.75) is 12.3 Å². The number of rotatable bonds is 4. The van der Waals surface area contributed by atoms with Crippen molar-refractivity contribution in [1.29, 1.82) is 0 Å². The fraction of sp³-hybridized carbons (Fsp3) is 0.0833. The van der Waals surface area contributed by atoms with Crippen molar-refractivity contribution < 1.29 is 14.7 Å². The van der Waals surface area contributed by atoms with Gasteiger partial charge in [0.2, 0.25) is 11.6 Å². The summed E-state index contributed by atoms with van der Waals surface area (Å²) in [5.41, 5.74) is 2.93. The summed E-state index contributed by atoms with van der Waals surface area (Å²) in [7, 11) is 0. The molecule has 1 N–H and O–H groups in total. The lowest BCUT2D eigenvalue weighted by molar-refractivity contribution is -0.112. The van der Waals surface area contributed by atoms with Gasteiger partial charge >= 0.3 is 0 Å². The maximum Gasteiger partial charge on any atom is 0.234 e. The second-order valence-corrected chi connectivity index (χ2v) is 6.61. The number of benzene rings is 3. The zero-order chi connectivity index (χ0) is 18.8. The van der Waals surface area contributed by atoms with E-state index in [1.54, 1.807) is 24.3 Å². The van der Waals surface area contributed by atoms with Gasteiger partial charge in [0, 0.05) is 22.6 Å². The van der Waals surface area contributed by atoms with E-state index in [4.69, 9.17) is 0 Å². The molecule has 0 atom stereocenters. The van der Waals surface area contributed by atoms with Crippen molar-refractivity contribution in [1.82, 2.24) is 0 Å². The van der Waals surface area contributed by atoms with Crippen LogP contribution in [0.3, 0.4) is 0 Å². The number of allylic oxidation sites excluding steroid dienone is 1. The third-order valence-corrected chi connectivity index (χ3v) is 5.01. The lowest BCUT2D eigenvalue weighted by atomic mass is 9.80. The monoisotopic (exact) mass is 354 g/mol. The molecule has 1 aliphatic rings. The van der Waals surface area contributed by atoms with Crippen LogP contribution < -0.4 is 0 Å². The fourth-order valence-electron chi connectivity index (χ4n) is 3.61. The van der Waals surface area contributed by atoms with Gasteiger partial charge in [0.05, 0.1) is 0 Å². The third kappa shape index (κ3) is 3.08. The Kier molecular flexibility index (Phi) is 4.43. The van der Waals surface area contributed by atoms with Gasteiger partial charge in [-0.1, -0.05) is 84.9 Å². The van der Waals surface area contributed by atoms with Gasteiger partial charge in [-0.15, -0.1) is 0 Å². The van der Waals surface area contributed by atoms with E-state index in [-0.39, 0.29) is 29.2 Å². The molecule has 0 saturated heterocycles. The van der Waals surface area contributed by atoms with Crippen LogP contribution in [0.1, 0.15) is 39.4 Å². The Morgan fingerprint density at radius 3 is 1.67 bits per heavy atom. The molecular weight excluding hydrogens is 336 g/mol. The van der Waals surface area contributed by atoms with E-state index in [2.05, 4.69) is 0 Å². The maximum atomic E-state index is 12.7. The van der Waals surface area contributed by atoms with Crippen LogP contribution in [-0.2, 0) is 4.79 Å². The van der Waals surface area contributed by atoms with Crippen LogP contribution in [0.4, 0.5) is 0 Å². The number of fused-ring (bicyclic) bond motifs is 1. The molecule has 0 heterocycles. The molecule has 1 aliphatic carbocycles. The van der Waals surface area contributed by atoms with E-state index in [1.165, 1.54) is 0 Å². The second kappa shape index (κ2) is 7.04. The van der Waals surface area contributed by atoms with E-state index in [1.807, 2.05) is 60.7 Å². The average Bonchev–Trinajstić information content (AvgIpc) is 2.73. The van der Waals surface area contributed by atoms with Gasteiger partial charge in [0.15, 0.2) is 0 Å². The molecule has 27 heavy (non-hydrogen) atoms. The van der Waals surface area contributed by atoms with Gasteiger partial charge in [-0.25, -0.2) is 0 Å². The lowest BCUT2D eigenvalue weighted by Gasteiger charge is -2.23. The number of hydrogen-bond acceptors (Lipinski definition) is 3. The zero-order valence-corrected chi connectivity index (χ0v) is 14.6. The van der Waals surface area contributed by atoms with Crippen molar-refractivity contribution in [2.24, 2.45) is 0 Å². The number of carbonyl (C=O) groups excluding carboxylic acids is 2. The Labute approximate surface area is 157 Å². The van der Waals surface area contributed by atoms with Gasteiger partial charge in [0.25, 0.3) is 0 Å². The van der Waals surface area contributed by atoms with Crippen LogP contribution in [0.5, 0.6) is 0 Å². The number of carbonyl (C=O) groups is 2. The number of ketones is 2. The SMILES string of the molecule is O=C1C(=O)c2ccccc2C(O)=C1CC(c1ccccc1)c1ccccc1. The minimum absolute atomic E-state index is 0.0907. The minimum Gasteiger partial charge on any atom is -0.507 e. The predicted octanol–water partition coefficient (Wildman–Crippen LogP) is 4.94. The van der Waals surface area contributed by atoms with E-state index in [0.717, 1.165) is 11.1 Å². The van der Waals surface area contributed by atoms with E-state index < -0.39 is 11.6 Å². The summed E-state index contributed by atoms with van der Waals surface area (Å²) in [6.07, 6.45) is 0.263. The standard InChI is InChI=1S/C24H18O3/c25-22-18-13-7-8-14-19(18)23(26)24(27)21(22)15-20(16-9-3-1-4-10-16)17-11-5-2-6-12-17/h1-14,20,25H,15H2. The summed E-state index contributed by atoms with van der Waals surface area (Å²) in [5, 5.41) is 10.8. The summed E-state index contributed by atoms with van der Waals surface area (Å²) in [6, 6.07) is 26.4. The smallest absolute Gasteiger partial charge is 0.234 e. The van der Waals surface area contributed by atoms with Crippen molar-refractivity contribution in [3.05, 3.63) is 113 Å². The molecule has 0 bridgehead atoms. The number of hydrogen-bond donors (Lipinski definition) is 1. The zero-order valence-electron chi connectivity index (χ0n) is 14.6. The highest BCUT2D eigenvalue weighted by Crippen LogP contribution is 2.36. The van der Waals surface area contributed by atoms with Crippen molar-refractivity contribution >= 4 is 17.3 Å². The number of aliphatic hydroxyl groups is 1. The van der Waals surface area contributed by atoms with E-state index in [9.17, 15) is 14.7 Å². The van der Waals surface area contributed by atoms with Gasteiger partial charge in [-0.2, -0.15) is 0 Å². The lowest BCUT2D eigenvalue weighted by Crippen LogP contribution is -2.25. The van der Waals surface area contributed by atoms with Crippen molar-refractivity contribution in [3.63, 3.8) is 0 Å². The first-order chi connectivity index (χ1) is 13.2. The first kappa shape index (κ1) is 17.0. The van der Waals surface area contributed by atoms with Crippen molar-refractivity contribution in [2.75, 3.05) is 0 Å². The van der Waals surface area contributed by atoms with Crippen LogP contribution in [0.2, 0.25) is 0 Å². The first-order valence-corrected chi connectivity index (χ1v) is 8.87. The molecule has 0 unspecified atom stereocenters. The van der Waals surface area contributed by atoms with Gasteiger partial charge in [0.1, 0.15) is 5.76 Å². The molecular formula is C24H18O3. The van der Waals surface area contributed by atoms with E-state index >= 15 is 0 Å². The first-order valence-electron chi connectivity index (χ1n) is 8.87. The van der Waals surface area contributed by atoms with Crippen LogP contribution in [0.25, 0.3) is 5.76 Å². The number of aliphatic hydroxyl groups excluding tert-OH is 1. The van der Waals surface area contributed by atoms with Gasteiger partial charge < -0.3 is 5.11 Å². The largest absolute Gasteiger partial charge is 0.507 e. The molecule has 3 aromatic carbocycles. The Bertz CT molecular complexity index is 994. The second-order valence-electron chi connectivity index (χ2n) is 6.61. The predicted molar refractivity (Wildman–Crippen MR) is 105 cm³/mol. The summed E-state index contributed by atoms with van der Waals surface area (Å²) < 4.78 is 0. The highest BCUT2D eigenvalue weighted by molar-refractivity contribution is 6.52. The highest BCUT2D eigenvalue weighted by Gasteiger charge is 2.34. The van der Waals surface area contributed by atoms with Gasteiger partial charge in [-0.05, 0) is 17.5 Å². The summed E-state index contributed by atoms with van der Waals surface area (Å²) in [4.78, 5) is 25.3. The molecule has 0 spiro atoms. The maximum absolute atomic E-state index is 12.7. The fourth-order valence-corrected chi connectivity index (χ4v) is 3.61. The molecule has 0 aliphatic heterocycles. The molecule has 0 amide bonds. The summed E-state index contributed by atoms with van der Waals surface area (Å²) >= 11 is 0. The van der Waals surface area contributed by atoms with Crippen LogP contribution in [0.15, 0.2) is 90.5 Å². The van der Waals surface area contributed by atoms with E-state index in [0.29, 0.717) is 5.56 Å². The molecule has 4 rings (SSSR count). The Morgan fingerprint density at radius 1 is 0.630 bits per heavy atom. The molecule has 3 nitrogen and oxygen atoms in total. The average molecular weight is 354 g/mol. The topological polar surface area (TPSA) is 54.4 Å². The Morgan fingerprint density at radius 2 is 1.11 bits per heavy atom. The van der Waals surface area contributed by atoms with Crippen LogP contribution >= 0.6 is 0 Å². The Balaban J connectivity index is 1.82. The molecule has 132 valence electrons. The highest BCUT2D eigenvalue weighted by atomic mass is 16.3. The molecule has 0 fully saturated rings. The minimum atomic E-state index is -0.622.